The Morgan fingerprint density at radius 1 is 1.18 bits per heavy atom. The summed E-state index contributed by atoms with van der Waals surface area (Å²) >= 11 is 0. The molecule has 0 fully saturated rings. The number of quaternary nitrogens is 1. The van der Waals surface area contributed by atoms with E-state index in [0.717, 1.165) is 34.4 Å². The summed E-state index contributed by atoms with van der Waals surface area (Å²) < 4.78 is 6.49. The van der Waals surface area contributed by atoms with Crippen LogP contribution in [0.4, 0.5) is 0 Å². The lowest BCUT2D eigenvalue weighted by Crippen LogP contribution is -2.60. The molecule has 0 aromatic heterocycles. The Morgan fingerprint density at radius 3 is 2.32 bits per heavy atom. The fraction of sp³-hybridized carbons (Fsp3) is 0.588. The second-order valence-corrected chi connectivity index (χ2v) is 7.32. The van der Waals surface area contributed by atoms with Gasteiger partial charge in [-0.15, -0.1) is 0 Å². The Labute approximate surface area is 132 Å². The predicted octanol–water partition coefficient (Wildman–Crippen LogP) is 2.14. The van der Waals surface area contributed by atoms with Crippen molar-refractivity contribution in [1.82, 2.24) is 5.43 Å². The molecule has 1 aromatic rings. The number of carbonyl (C=O) groups is 1. The molecule has 122 valence electrons. The van der Waals surface area contributed by atoms with Crippen molar-refractivity contribution < 1.29 is 19.2 Å². The van der Waals surface area contributed by atoms with E-state index < -0.39 is 5.60 Å². The predicted molar refractivity (Wildman–Crippen MR) is 85.8 cm³/mol. The molecule has 2 N–H and O–H groups in total. The highest BCUT2D eigenvalue weighted by Gasteiger charge is 2.42. The van der Waals surface area contributed by atoms with E-state index in [1.165, 1.54) is 0 Å². The molecule has 0 aliphatic carbocycles. The van der Waals surface area contributed by atoms with Crippen molar-refractivity contribution in [1.29, 1.82) is 0 Å². The number of rotatable bonds is 2. The van der Waals surface area contributed by atoms with Gasteiger partial charge in [0.2, 0.25) is 0 Å². The molecule has 1 atom stereocenters. The van der Waals surface area contributed by atoms with E-state index in [4.69, 9.17) is 4.74 Å². The molecular weight excluding hydrogens is 280 g/mol. The number of nitrogens with zero attached hydrogens (tertiary/aromatic N) is 1. The Morgan fingerprint density at radius 2 is 1.77 bits per heavy atom. The van der Waals surface area contributed by atoms with Crippen molar-refractivity contribution in [3.05, 3.63) is 22.3 Å². The molecule has 0 unspecified atom stereocenters. The van der Waals surface area contributed by atoms with Gasteiger partial charge in [0.25, 0.3) is 0 Å². The van der Waals surface area contributed by atoms with Crippen molar-refractivity contribution in [3.63, 3.8) is 0 Å². The second kappa shape index (κ2) is 5.16. The topological polar surface area (TPSA) is 58.6 Å². The number of hydrogen-bond acceptors (Lipinski definition) is 3. The Hall–Kier alpha value is -1.75. The summed E-state index contributed by atoms with van der Waals surface area (Å²) in [6.45, 7) is 7.53. The van der Waals surface area contributed by atoms with E-state index in [0.29, 0.717) is 16.8 Å². The van der Waals surface area contributed by atoms with Crippen LogP contribution in [0, 0.1) is 20.8 Å². The summed E-state index contributed by atoms with van der Waals surface area (Å²) in [5.41, 5.74) is 5.64. The third-order valence-electron chi connectivity index (χ3n) is 4.44. The molecule has 0 bridgehead atoms. The van der Waals surface area contributed by atoms with Gasteiger partial charge in [-0.25, -0.2) is 4.59 Å². The minimum absolute atomic E-state index is 0.117. The summed E-state index contributed by atoms with van der Waals surface area (Å²) in [4.78, 5) is 12.6. The van der Waals surface area contributed by atoms with Crippen LogP contribution in [0.3, 0.4) is 0 Å². The monoisotopic (exact) mass is 307 g/mol. The van der Waals surface area contributed by atoms with Crippen molar-refractivity contribution in [3.8, 4) is 11.5 Å². The van der Waals surface area contributed by atoms with Gasteiger partial charge < -0.3 is 9.84 Å². The zero-order valence-electron chi connectivity index (χ0n) is 14.6. The van der Waals surface area contributed by atoms with Crippen LogP contribution in [0.1, 0.15) is 35.6 Å². The quantitative estimate of drug-likeness (QED) is 0.650. The summed E-state index contributed by atoms with van der Waals surface area (Å²) in [6, 6.07) is 0. The standard InChI is InChI=1S/C17H26N2O3/c1-10-11(2)15-13(12(3)14(10)20)8-9-17(4,22-15)16(21)18-19(5,6)7/h8-9H2,1-7H3,(H-,18,20,21)/p+1/t17-/m1/s1. The van der Waals surface area contributed by atoms with E-state index >= 15 is 0 Å². The molecule has 0 saturated heterocycles. The van der Waals surface area contributed by atoms with Gasteiger partial charge in [-0.3, -0.25) is 4.79 Å². The van der Waals surface area contributed by atoms with Crippen LogP contribution in [0.25, 0.3) is 0 Å². The largest absolute Gasteiger partial charge is 0.507 e. The molecule has 2 rings (SSSR count). The number of aromatic hydroxyl groups is 1. The first-order valence-corrected chi connectivity index (χ1v) is 7.61. The number of ether oxygens (including phenoxy) is 1. The Bertz CT molecular complexity index is 632. The lowest BCUT2D eigenvalue weighted by molar-refractivity contribution is -0.906. The fourth-order valence-electron chi connectivity index (χ4n) is 2.83. The van der Waals surface area contributed by atoms with Crippen LogP contribution in [-0.2, 0) is 11.2 Å². The SMILES string of the molecule is Cc1c(C)c2c(c(C)c1O)CC[C@](C)(C(=O)N[N+](C)(C)C)O2. The van der Waals surface area contributed by atoms with Crippen LogP contribution < -0.4 is 10.2 Å². The molecule has 22 heavy (non-hydrogen) atoms. The Kier molecular flexibility index (Phi) is 3.90. The zero-order valence-corrected chi connectivity index (χ0v) is 14.6. The van der Waals surface area contributed by atoms with Gasteiger partial charge in [-0.1, -0.05) is 0 Å². The molecule has 0 radical (unpaired) electrons. The van der Waals surface area contributed by atoms with Crippen LogP contribution in [0.2, 0.25) is 0 Å². The summed E-state index contributed by atoms with van der Waals surface area (Å²) in [5, 5.41) is 10.2. The molecule has 5 heteroatoms. The van der Waals surface area contributed by atoms with Gasteiger partial charge in [-0.2, -0.15) is 5.43 Å². The first-order valence-electron chi connectivity index (χ1n) is 7.61. The third kappa shape index (κ3) is 2.77. The number of phenols is 1. The number of nitrogens with one attached hydrogen (secondary N) is 1. The maximum absolute atomic E-state index is 12.6. The lowest BCUT2D eigenvalue weighted by atomic mass is 9.87. The average molecular weight is 307 g/mol. The van der Waals surface area contributed by atoms with Gasteiger partial charge in [0.1, 0.15) is 11.5 Å². The number of amides is 1. The molecule has 0 spiro atoms. The number of hydrogen-bond donors (Lipinski definition) is 2. The van der Waals surface area contributed by atoms with Crippen molar-refractivity contribution in [2.75, 3.05) is 21.1 Å². The highest BCUT2D eigenvalue weighted by molar-refractivity contribution is 5.85. The molecule has 1 aliphatic heterocycles. The maximum Gasteiger partial charge on any atom is 0.308 e. The number of phenolic OH excluding ortho intramolecular Hbond substituents is 1. The smallest absolute Gasteiger partial charge is 0.308 e. The first kappa shape index (κ1) is 16.6. The molecule has 1 aliphatic rings. The van der Waals surface area contributed by atoms with Gasteiger partial charge in [0, 0.05) is 12.0 Å². The third-order valence-corrected chi connectivity index (χ3v) is 4.44. The summed E-state index contributed by atoms with van der Waals surface area (Å²) in [5.74, 6) is 0.964. The average Bonchev–Trinajstić information content (AvgIpc) is 2.41. The molecular formula is C17H27N2O3+. The van der Waals surface area contributed by atoms with E-state index in [2.05, 4.69) is 5.43 Å². The summed E-state index contributed by atoms with van der Waals surface area (Å²) in [6.07, 6.45) is 1.31. The van der Waals surface area contributed by atoms with Gasteiger partial charge >= 0.3 is 5.91 Å². The second-order valence-electron chi connectivity index (χ2n) is 7.32. The van der Waals surface area contributed by atoms with Crippen LogP contribution in [0.15, 0.2) is 0 Å². The summed E-state index contributed by atoms with van der Waals surface area (Å²) in [7, 11) is 5.70. The minimum atomic E-state index is -0.890. The van der Waals surface area contributed by atoms with E-state index in [1.54, 1.807) is 0 Å². The molecule has 0 saturated carbocycles. The first-order chi connectivity index (χ1) is 9.96. The van der Waals surface area contributed by atoms with Crippen LogP contribution >= 0.6 is 0 Å². The highest BCUT2D eigenvalue weighted by atomic mass is 16.5. The van der Waals surface area contributed by atoms with E-state index in [9.17, 15) is 9.90 Å². The van der Waals surface area contributed by atoms with Crippen LogP contribution in [-0.4, -0.2) is 42.3 Å². The minimum Gasteiger partial charge on any atom is -0.507 e. The number of carbonyl (C=O) groups excluding carboxylic acids is 1. The van der Waals surface area contributed by atoms with Gasteiger partial charge in [0.05, 0.1) is 21.1 Å². The fourth-order valence-corrected chi connectivity index (χ4v) is 2.83. The maximum atomic E-state index is 12.6. The van der Waals surface area contributed by atoms with Crippen molar-refractivity contribution in [2.24, 2.45) is 0 Å². The highest BCUT2D eigenvalue weighted by Crippen LogP contribution is 2.43. The Balaban J connectivity index is 2.41. The zero-order chi connectivity index (χ0) is 16.9. The molecule has 1 heterocycles. The van der Waals surface area contributed by atoms with E-state index in [-0.39, 0.29) is 5.91 Å². The molecule has 1 amide bonds. The van der Waals surface area contributed by atoms with Crippen molar-refractivity contribution in [2.45, 2.75) is 46.1 Å². The van der Waals surface area contributed by atoms with Gasteiger partial charge in [0.15, 0.2) is 5.60 Å². The van der Waals surface area contributed by atoms with Gasteiger partial charge in [-0.05, 0) is 50.8 Å². The number of fused-ring (bicyclic) bond motifs is 1. The normalized spacial score (nSPS) is 21.0. The van der Waals surface area contributed by atoms with E-state index in [1.807, 2.05) is 48.8 Å². The van der Waals surface area contributed by atoms with Crippen LogP contribution in [0.5, 0.6) is 11.5 Å². The lowest BCUT2D eigenvalue weighted by Gasteiger charge is -2.38. The molecule has 5 nitrogen and oxygen atoms in total. The van der Waals surface area contributed by atoms with Crippen molar-refractivity contribution >= 4 is 5.91 Å². The number of benzene rings is 1. The molecule has 1 aromatic carbocycles.